The first-order valence-corrected chi connectivity index (χ1v) is 18.5. The van der Waals surface area contributed by atoms with Gasteiger partial charge in [-0.3, -0.25) is 9.59 Å². The van der Waals surface area contributed by atoms with E-state index in [-0.39, 0.29) is 22.9 Å². The van der Waals surface area contributed by atoms with E-state index in [2.05, 4.69) is 88.2 Å². The molecule has 3 aromatic heterocycles. The van der Waals surface area contributed by atoms with E-state index >= 15 is 0 Å². The van der Waals surface area contributed by atoms with Crippen molar-refractivity contribution in [2.24, 2.45) is 0 Å². The number of amides is 2. The number of imidazole rings is 2. The number of fused-ring (bicyclic) bond motifs is 2. The summed E-state index contributed by atoms with van der Waals surface area (Å²) in [5, 5.41) is 7.39. The van der Waals surface area contributed by atoms with Crippen molar-refractivity contribution >= 4 is 47.8 Å². The van der Waals surface area contributed by atoms with Gasteiger partial charge in [-0.25, -0.2) is 9.97 Å². The van der Waals surface area contributed by atoms with E-state index < -0.39 is 8.32 Å². The number of anilines is 1. The topological polar surface area (TPSA) is 130 Å². The van der Waals surface area contributed by atoms with Crippen molar-refractivity contribution in [3.63, 3.8) is 0 Å². The van der Waals surface area contributed by atoms with E-state index in [1.54, 1.807) is 6.20 Å². The van der Waals surface area contributed by atoms with Crippen molar-refractivity contribution in [1.82, 2.24) is 29.8 Å². The highest BCUT2D eigenvalue weighted by molar-refractivity contribution is 6.74. The van der Waals surface area contributed by atoms with Crippen LogP contribution < -0.4 is 10.6 Å². The van der Waals surface area contributed by atoms with Crippen LogP contribution in [0.15, 0.2) is 55.1 Å². The molecule has 0 spiro atoms. The van der Waals surface area contributed by atoms with Gasteiger partial charge in [0, 0.05) is 42.9 Å². The average Bonchev–Trinajstić information content (AvgIpc) is 3.73. The quantitative estimate of drug-likeness (QED) is 0.115. The van der Waals surface area contributed by atoms with Crippen LogP contribution in [0.5, 0.6) is 0 Å². The SMILES string of the molecule is Cc1cn(CC[C@H](CO[Si](C)(C)C(C)(C)C)NC(=O)c2c[nH]cn2)c2cc(NC(=O)CCc3nc4c(C)cccc4[nH]3)ccc12. The lowest BCUT2D eigenvalue weighted by molar-refractivity contribution is -0.116. The number of para-hydroxylation sites is 1. The molecule has 10 nitrogen and oxygen atoms in total. The summed E-state index contributed by atoms with van der Waals surface area (Å²) < 4.78 is 8.72. The summed E-state index contributed by atoms with van der Waals surface area (Å²) in [6, 6.07) is 11.9. The first-order valence-electron chi connectivity index (χ1n) is 15.6. The summed E-state index contributed by atoms with van der Waals surface area (Å²) in [6.07, 6.45) is 6.74. The number of benzene rings is 2. The van der Waals surface area contributed by atoms with Crippen molar-refractivity contribution in [2.45, 2.75) is 84.6 Å². The van der Waals surface area contributed by atoms with Crippen LogP contribution in [0.25, 0.3) is 21.9 Å². The predicted octanol–water partition coefficient (Wildman–Crippen LogP) is 6.64. The summed E-state index contributed by atoms with van der Waals surface area (Å²) in [6.45, 7) is 16.3. The molecule has 11 heteroatoms. The van der Waals surface area contributed by atoms with Crippen LogP contribution in [-0.2, 0) is 22.2 Å². The fraction of sp³-hybridized carbons (Fsp3) is 0.412. The van der Waals surface area contributed by atoms with E-state index in [9.17, 15) is 9.59 Å². The van der Waals surface area contributed by atoms with Gasteiger partial charge in [0.25, 0.3) is 5.91 Å². The van der Waals surface area contributed by atoms with Gasteiger partial charge in [-0.15, -0.1) is 0 Å². The van der Waals surface area contributed by atoms with Gasteiger partial charge in [-0.05, 0) is 67.7 Å². The molecule has 5 aromatic rings. The number of rotatable bonds is 12. The standard InChI is InChI=1S/C34H45N7O3Si/c1-22-9-8-10-27-32(22)40-30(39-27)13-14-31(42)37-24-11-12-26-23(2)19-41(29(26)17-24)16-15-25(20-44-45(6,7)34(3,4)5)38-33(43)28-18-35-21-36-28/h8-12,17-19,21,25H,13-16,20H2,1-7H3,(H,35,36)(H,37,42)(H,38,43)(H,39,40)/t25-/m1/s1. The molecule has 238 valence electrons. The van der Waals surface area contributed by atoms with E-state index in [0.717, 1.165) is 44.6 Å². The van der Waals surface area contributed by atoms with Gasteiger partial charge in [0.1, 0.15) is 11.5 Å². The van der Waals surface area contributed by atoms with Gasteiger partial charge in [-0.1, -0.05) is 39.0 Å². The highest BCUT2D eigenvalue weighted by Gasteiger charge is 2.37. The minimum Gasteiger partial charge on any atom is -0.415 e. The molecule has 0 aliphatic rings. The zero-order valence-electron chi connectivity index (χ0n) is 27.4. The predicted molar refractivity (Wildman–Crippen MR) is 182 cm³/mol. The van der Waals surface area contributed by atoms with Crippen molar-refractivity contribution in [2.75, 3.05) is 11.9 Å². The van der Waals surface area contributed by atoms with Gasteiger partial charge in [0.05, 0.1) is 35.5 Å². The van der Waals surface area contributed by atoms with Crippen molar-refractivity contribution in [3.8, 4) is 0 Å². The molecule has 0 unspecified atom stereocenters. The second kappa shape index (κ2) is 13.0. The number of H-pyrrole nitrogens is 2. The molecule has 0 saturated carbocycles. The van der Waals surface area contributed by atoms with Crippen LogP contribution in [-0.4, -0.2) is 57.3 Å². The first kappa shape index (κ1) is 32.2. The largest absolute Gasteiger partial charge is 0.415 e. The molecule has 0 aliphatic carbocycles. The lowest BCUT2D eigenvalue weighted by Gasteiger charge is -2.37. The number of hydrogen-bond acceptors (Lipinski definition) is 5. The maximum absolute atomic E-state index is 12.9. The number of aromatic nitrogens is 5. The number of aryl methyl sites for hydroxylation is 4. The van der Waals surface area contributed by atoms with Gasteiger partial charge in [0.15, 0.2) is 8.32 Å². The van der Waals surface area contributed by atoms with Crippen LogP contribution in [0, 0.1) is 13.8 Å². The van der Waals surface area contributed by atoms with E-state index in [0.29, 0.717) is 38.1 Å². The summed E-state index contributed by atoms with van der Waals surface area (Å²) in [7, 11) is -2.02. The molecule has 45 heavy (non-hydrogen) atoms. The Balaban J connectivity index is 1.26. The van der Waals surface area contributed by atoms with Crippen molar-refractivity contribution < 1.29 is 14.0 Å². The molecule has 5 rings (SSSR count). The minimum atomic E-state index is -2.02. The molecule has 0 saturated heterocycles. The van der Waals surface area contributed by atoms with Crippen LogP contribution >= 0.6 is 0 Å². The van der Waals surface area contributed by atoms with Gasteiger partial charge in [-0.2, -0.15) is 0 Å². The average molecular weight is 628 g/mol. The molecule has 0 fully saturated rings. The highest BCUT2D eigenvalue weighted by atomic mass is 28.4. The Morgan fingerprint density at radius 2 is 1.91 bits per heavy atom. The Morgan fingerprint density at radius 3 is 2.62 bits per heavy atom. The number of nitrogens with zero attached hydrogens (tertiary/aromatic N) is 3. The molecular weight excluding hydrogens is 583 g/mol. The van der Waals surface area contributed by atoms with Gasteiger partial charge < -0.3 is 29.6 Å². The monoisotopic (exact) mass is 627 g/mol. The van der Waals surface area contributed by atoms with Gasteiger partial charge in [0.2, 0.25) is 5.91 Å². The maximum atomic E-state index is 12.9. The first-order chi connectivity index (χ1) is 21.3. The Morgan fingerprint density at radius 1 is 1.11 bits per heavy atom. The second-order valence-electron chi connectivity index (χ2n) is 13.4. The number of carbonyl (C=O) groups excluding carboxylic acids is 2. The molecule has 4 N–H and O–H groups in total. The third-order valence-corrected chi connectivity index (χ3v) is 13.5. The summed E-state index contributed by atoms with van der Waals surface area (Å²) in [4.78, 5) is 40.8. The van der Waals surface area contributed by atoms with Gasteiger partial charge >= 0.3 is 0 Å². The highest BCUT2D eigenvalue weighted by Crippen LogP contribution is 2.36. The number of aromatic amines is 2. The molecule has 2 aromatic carbocycles. The van der Waals surface area contributed by atoms with Crippen LogP contribution in [0.4, 0.5) is 5.69 Å². The number of nitrogens with one attached hydrogen (secondary N) is 4. The fourth-order valence-corrected chi connectivity index (χ4v) is 6.25. The number of carbonyl (C=O) groups is 2. The molecule has 0 aliphatic heterocycles. The zero-order chi connectivity index (χ0) is 32.4. The third kappa shape index (κ3) is 7.54. The zero-order valence-corrected chi connectivity index (χ0v) is 28.4. The van der Waals surface area contributed by atoms with Crippen LogP contribution in [0.2, 0.25) is 18.1 Å². The Hall–Kier alpha value is -4.22. The normalized spacial score (nSPS) is 13.0. The Bertz CT molecular complexity index is 1800. The Kier molecular flexibility index (Phi) is 9.31. The molecule has 2 amide bonds. The molecule has 3 heterocycles. The fourth-order valence-electron chi connectivity index (χ4n) is 5.20. The molecule has 1 atom stereocenters. The molecule has 0 bridgehead atoms. The summed E-state index contributed by atoms with van der Waals surface area (Å²) in [5.74, 6) is 0.516. The maximum Gasteiger partial charge on any atom is 0.271 e. The minimum absolute atomic E-state index is 0.0590. The smallest absolute Gasteiger partial charge is 0.271 e. The Labute approximate surface area is 265 Å². The molecular formula is C34H45N7O3Si. The second-order valence-corrected chi connectivity index (χ2v) is 18.2. The van der Waals surface area contributed by atoms with E-state index in [1.165, 1.54) is 6.33 Å². The number of hydrogen-bond donors (Lipinski definition) is 4. The van der Waals surface area contributed by atoms with E-state index in [1.807, 2.05) is 37.3 Å². The third-order valence-electron chi connectivity index (χ3n) is 8.95. The lowest BCUT2D eigenvalue weighted by atomic mass is 10.1. The van der Waals surface area contributed by atoms with Crippen molar-refractivity contribution in [3.05, 3.63) is 77.8 Å². The molecule has 0 radical (unpaired) electrons. The van der Waals surface area contributed by atoms with Crippen LogP contribution in [0.1, 0.15) is 61.1 Å². The summed E-state index contributed by atoms with van der Waals surface area (Å²) in [5.41, 5.74) is 6.33. The van der Waals surface area contributed by atoms with Crippen LogP contribution in [0.3, 0.4) is 0 Å². The lowest BCUT2D eigenvalue weighted by Crippen LogP contribution is -2.46. The van der Waals surface area contributed by atoms with Crippen molar-refractivity contribution in [1.29, 1.82) is 0 Å². The van der Waals surface area contributed by atoms with E-state index in [4.69, 9.17) is 4.43 Å². The summed E-state index contributed by atoms with van der Waals surface area (Å²) >= 11 is 0.